The number of fused-ring (bicyclic) bond motifs is 3. The first-order valence-corrected chi connectivity index (χ1v) is 17.2. The molecule has 264 valence electrons. The number of nitrogens with two attached hydrogens (primary N) is 2. The van der Waals surface area contributed by atoms with Gasteiger partial charge in [-0.3, -0.25) is 23.8 Å². The van der Waals surface area contributed by atoms with Crippen LogP contribution in [0.25, 0.3) is 0 Å². The number of aromatic hydroxyl groups is 1. The number of aliphatic hydroxyl groups is 4. The van der Waals surface area contributed by atoms with E-state index in [1.165, 1.54) is 38.1 Å². The van der Waals surface area contributed by atoms with Crippen molar-refractivity contribution in [3.05, 3.63) is 81.8 Å². The second-order valence-corrected chi connectivity index (χ2v) is 14.7. The minimum Gasteiger partial charge on any atom is -0.510 e. The smallest absolute Gasteiger partial charge is 0.357 e. The molecule has 0 aliphatic heterocycles. The predicted octanol–water partition coefficient (Wildman–Crippen LogP) is 2.11. The molecule has 10 N–H and O–H groups in total. The van der Waals surface area contributed by atoms with E-state index >= 15 is 0 Å². The molecule has 7 atom stereocenters. The molecule has 0 spiro atoms. The van der Waals surface area contributed by atoms with E-state index in [2.05, 4.69) is 5.32 Å². The van der Waals surface area contributed by atoms with Gasteiger partial charge >= 0.3 is 7.60 Å². The van der Waals surface area contributed by atoms with Crippen molar-refractivity contribution in [2.75, 3.05) is 32.6 Å². The third-order valence-electron chi connectivity index (χ3n) is 9.78. The van der Waals surface area contributed by atoms with Crippen LogP contribution in [0.5, 0.6) is 5.75 Å². The molecule has 16 heteroatoms. The number of phenolic OH excluding ortho intramolecular Hbond substituents is 1. The molecule has 0 heterocycles. The van der Waals surface area contributed by atoms with Crippen molar-refractivity contribution in [1.82, 2.24) is 4.90 Å². The van der Waals surface area contributed by atoms with Crippen LogP contribution in [-0.4, -0.2) is 98.5 Å². The van der Waals surface area contributed by atoms with Crippen LogP contribution in [-0.2, 0) is 23.2 Å². The monoisotopic (exact) mass is 700 g/mol. The molecule has 3 aliphatic rings. The molecule has 15 nitrogen and oxygen atoms in total. The quantitative estimate of drug-likeness (QED) is 0.100. The van der Waals surface area contributed by atoms with E-state index in [1.807, 2.05) is 0 Å². The van der Waals surface area contributed by atoms with Gasteiger partial charge in [0.25, 0.3) is 5.91 Å². The Bertz CT molecular complexity index is 1820. The van der Waals surface area contributed by atoms with E-state index in [4.69, 9.17) is 20.5 Å². The number of aliphatic hydroxyl groups excluding tert-OH is 3. The molecular formula is C33H41N4O11P. The van der Waals surface area contributed by atoms with Crippen LogP contribution in [0.15, 0.2) is 65.1 Å². The number of carbonyl (C=O) groups excluding carboxylic acids is 3. The van der Waals surface area contributed by atoms with Gasteiger partial charge in [0.1, 0.15) is 22.8 Å². The number of nitrogens with one attached hydrogen (secondary N) is 1. The maximum atomic E-state index is 14.4. The van der Waals surface area contributed by atoms with E-state index in [9.17, 15) is 44.5 Å². The van der Waals surface area contributed by atoms with Crippen LogP contribution in [0.2, 0.25) is 0 Å². The topological polar surface area (TPSA) is 255 Å². The van der Waals surface area contributed by atoms with Crippen molar-refractivity contribution in [2.45, 2.75) is 55.8 Å². The minimum atomic E-state index is -3.96. The number of benzene rings is 2. The molecule has 0 bridgehead atoms. The van der Waals surface area contributed by atoms with E-state index in [0.29, 0.717) is 5.56 Å². The highest BCUT2D eigenvalue weighted by molar-refractivity contribution is 7.54. The highest BCUT2D eigenvalue weighted by Crippen LogP contribution is 2.62. The van der Waals surface area contributed by atoms with Crippen LogP contribution >= 0.6 is 7.60 Å². The molecule has 5 rings (SSSR count). The number of nitrogens with zero attached hydrogens (tertiary/aromatic N) is 1. The second kappa shape index (κ2) is 12.7. The number of likely N-dealkylation sites (N-methyl/N-ethyl adjacent to an activating group) is 1. The first-order valence-electron chi connectivity index (χ1n) is 15.6. The zero-order valence-corrected chi connectivity index (χ0v) is 28.5. The number of hydrogen-bond acceptors (Lipinski definition) is 14. The minimum absolute atomic E-state index is 0.0323. The summed E-state index contributed by atoms with van der Waals surface area (Å²) in [5.74, 6) is -10.9. The van der Waals surface area contributed by atoms with E-state index in [0.717, 1.165) is 0 Å². The summed E-state index contributed by atoms with van der Waals surface area (Å²) in [6, 6.07) is 9.92. The molecule has 0 radical (unpaired) electrons. The summed E-state index contributed by atoms with van der Waals surface area (Å²) in [7, 11) is -1.10. The number of rotatable bonds is 10. The number of amides is 1. The summed E-state index contributed by atoms with van der Waals surface area (Å²) in [5.41, 5.74) is 5.26. The predicted molar refractivity (Wildman–Crippen MR) is 177 cm³/mol. The Morgan fingerprint density at radius 3 is 2.18 bits per heavy atom. The van der Waals surface area contributed by atoms with Gasteiger partial charge in [0, 0.05) is 5.92 Å². The number of anilines is 1. The van der Waals surface area contributed by atoms with Gasteiger partial charge in [0.05, 0.1) is 53.6 Å². The number of ketones is 2. The lowest BCUT2D eigenvalue weighted by atomic mass is 9.52. The third kappa shape index (κ3) is 5.11. The average Bonchev–Trinajstić information content (AvgIpc) is 3.03. The van der Waals surface area contributed by atoms with Crippen LogP contribution in [0.1, 0.15) is 54.0 Å². The van der Waals surface area contributed by atoms with E-state index in [-0.39, 0.29) is 30.0 Å². The third-order valence-corrected chi connectivity index (χ3v) is 12.1. The number of primary amides is 1. The fourth-order valence-corrected chi connectivity index (χ4v) is 9.40. The van der Waals surface area contributed by atoms with Gasteiger partial charge in [-0.2, -0.15) is 0 Å². The second-order valence-electron chi connectivity index (χ2n) is 12.6. The van der Waals surface area contributed by atoms with Gasteiger partial charge in [-0.1, -0.05) is 43.3 Å². The lowest BCUT2D eigenvalue weighted by Crippen LogP contribution is -2.75. The van der Waals surface area contributed by atoms with Crippen LogP contribution in [0.3, 0.4) is 0 Å². The van der Waals surface area contributed by atoms with Crippen molar-refractivity contribution in [1.29, 1.82) is 0 Å². The highest BCUT2D eigenvalue weighted by atomic mass is 31.2. The standard InChI is InChI=1S/C33H41N4O11P/c1-6-47-49(46,48-7-2)31(16-11-9-8-10-12-16)36-18-14-13-17-15(3)32(35)22(25(39)19(17)24(18)38)29(43)33(45)21(28(32)42)23(37(4)5)26(40)20(27(33)41)30(34)44/h8-15,21,23,28,31,36,38,40,42-43,45H,6-7,35H2,1-5H3,(H2,34,44)/t15-,21+,23-,28+,31?,32-,33+/m0/s1. The molecule has 0 aromatic heterocycles. The Kier molecular flexibility index (Phi) is 9.36. The summed E-state index contributed by atoms with van der Waals surface area (Å²) in [5, 5.41) is 61.4. The van der Waals surface area contributed by atoms with Crippen molar-refractivity contribution >= 4 is 30.8 Å². The zero-order valence-electron chi connectivity index (χ0n) is 27.6. The molecular weight excluding hydrogens is 659 g/mol. The Balaban J connectivity index is 1.72. The number of hydrogen-bond donors (Lipinski definition) is 8. The largest absolute Gasteiger partial charge is 0.510 e. The fourth-order valence-electron chi connectivity index (χ4n) is 7.47. The molecule has 0 saturated heterocycles. The normalized spacial score (nSPS) is 29.0. The van der Waals surface area contributed by atoms with Gasteiger partial charge < -0.3 is 51.4 Å². The van der Waals surface area contributed by atoms with Gasteiger partial charge in [0.2, 0.25) is 5.78 Å². The van der Waals surface area contributed by atoms with Crippen LogP contribution in [0.4, 0.5) is 5.69 Å². The summed E-state index contributed by atoms with van der Waals surface area (Å²) < 4.78 is 25.3. The molecule has 1 unspecified atom stereocenters. The van der Waals surface area contributed by atoms with E-state index < -0.39 is 94.4 Å². The Morgan fingerprint density at radius 1 is 1.06 bits per heavy atom. The summed E-state index contributed by atoms with van der Waals surface area (Å²) in [4.78, 5) is 41.7. The van der Waals surface area contributed by atoms with Gasteiger partial charge in [-0.05, 0) is 45.1 Å². The van der Waals surface area contributed by atoms with Crippen molar-refractivity contribution in [2.24, 2.45) is 17.4 Å². The van der Waals surface area contributed by atoms with Crippen molar-refractivity contribution in [3.63, 3.8) is 0 Å². The molecule has 3 aliphatic carbocycles. The summed E-state index contributed by atoms with van der Waals surface area (Å²) in [6.07, 6.45) is -1.99. The number of phenols is 1. The molecule has 0 fully saturated rings. The maximum absolute atomic E-state index is 14.4. The maximum Gasteiger partial charge on any atom is 0.357 e. The first kappa shape index (κ1) is 36.2. The fraction of sp³-hybridized carbons (Fsp3) is 0.424. The first-order chi connectivity index (χ1) is 22.9. The Morgan fingerprint density at radius 2 is 1.65 bits per heavy atom. The van der Waals surface area contributed by atoms with Crippen LogP contribution < -0.4 is 16.8 Å². The molecule has 2 aromatic rings. The highest BCUT2D eigenvalue weighted by Gasteiger charge is 2.71. The average molecular weight is 701 g/mol. The van der Waals surface area contributed by atoms with Crippen LogP contribution in [0, 0.1) is 5.92 Å². The lowest BCUT2D eigenvalue weighted by Gasteiger charge is -2.57. The van der Waals surface area contributed by atoms with Crippen molar-refractivity contribution in [3.8, 4) is 5.75 Å². The summed E-state index contributed by atoms with van der Waals surface area (Å²) >= 11 is 0. The SMILES string of the molecule is CCOP(=O)(OCC)C(Nc1ccc2c(c1O)C(=O)C1=C(O)[C@]3(O)C(=O)C(C(N)=O)=C(O)[C@@H](N(C)C)[C@@H]3[C@@H](O)[C@]1(N)[C@H]2C)c1ccccc1. The molecule has 0 saturated carbocycles. The lowest BCUT2D eigenvalue weighted by molar-refractivity contribution is -0.164. The van der Waals surface area contributed by atoms with Gasteiger partial charge in [-0.25, -0.2) is 0 Å². The van der Waals surface area contributed by atoms with E-state index in [1.54, 1.807) is 44.2 Å². The van der Waals surface area contributed by atoms with Crippen molar-refractivity contribution < 1.29 is 53.5 Å². The van der Waals surface area contributed by atoms with Gasteiger partial charge in [-0.15, -0.1) is 0 Å². The molecule has 1 amide bonds. The molecule has 49 heavy (non-hydrogen) atoms. The number of Topliss-reactive ketones (excluding diaryl/α,β-unsaturated/α-hetero) is 2. The Hall–Kier alpha value is -4.08. The Labute approximate surface area is 282 Å². The molecule has 2 aromatic carbocycles. The zero-order chi connectivity index (χ0) is 36.4. The number of carbonyl (C=O) groups is 3. The summed E-state index contributed by atoms with van der Waals surface area (Å²) in [6.45, 7) is 4.86. The van der Waals surface area contributed by atoms with Gasteiger partial charge in [0.15, 0.2) is 17.2 Å².